The highest BCUT2D eigenvalue weighted by Crippen LogP contribution is 2.32. The maximum absolute atomic E-state index is 12.7. The van der Waals surface area contributed by atoms with Gasteiger partial charge in [0.1, 0.15) is 23.0 Å². The average Bonchev–Trinajstić information content (AvgIpc) is 2.63. The molecule has 0 aromatic carbocycles. The van der Waals surface area contributed by atoms with Gasteiger partial charge in [-0.3, -0.25) is 27.9 Å². The Labute approximate surface area is 148 Å². The summed E-state index contributed by atoms with van der Waals surface area (Å²) >= 11 is 0. The van der Waals surface area contributed by atoms with Gasteiger partial charge < -0.3 is 10.6 Å². The summed E-state index contributed by atoms with van der Waals surface area (Å²) in [5.74, 6) is 0.474. The molecule has 1 aliphatic rings. The fraction of sp³-hybridized carbons (Fsp3) is 0.500. The van der Waals surface area contributed by atoms with Crippen molar-refractivity contribution in [3.05, 3.63) is 41.7 Å². The number of nitrogens with one attached hydrogen (secondary N) is 2. The third-order valence-electron chi connectivity index (χ3n) is 4.61. The van der Waals surface area contributed by atoms with Crippen LogP contribution in [0.25, 0.3) is 0 Å². The van der Waals surface area contributed by atoms with Crippen molar-refractivity contribution >= 4 is 23.0 Å². The van der Waals surface area contributed by atoms with Gasteiger partial charge in [-0.05, 0) is 27.7 Å². The molecule has 0 bridgehead atoms. The van der Waals surface area contributed by atoms with Crippen LogP contribution in [-0.2, 0) is 26.2 Å². The molecule has 3 heterocycles. The summed E-state index contributed by atoms with van der Waals surface area (Å²) in [4.78, 5) is 50.5. The highest BCUT2D eigenvalue weighted by Gasteiger charge is 2.28. The summed E-state index contributed by atoms with van der Waals surface area (Å²) in [5.41, 5.74) is -1.59. The highest BCUT2D eigenvalue weighted by atomic mass is 16.2. The Balaban J connectivity index is 2.41. The SMILES string of the molecule is CCn1c2c(c(=O)n(CC)c1=O)Nc1c(c(=O)n(CC)c(=O)n1CC)N2. The molecule has 0 fully saturated rings. The second kappa shape index (κ2) is 6.36. The zero-order chi connectivity index (χ0) is 19.2. The van der Waals surface area contributed by atoms with Crippen molar-refractivity contribution < 1.29 is 0 Å². The van der Waals surface area contributed by atoms with E-state index in [2.05, 4.69) is 10.6 Å². The summed E-state index contributed by atoms with van der Waals surface area (Å²) in [5, 5.41) is 5.86. The van der Waals surface area contributed by atoms with Crippen LogP contribution in [0.4, 0.5) is 23.0 Å². The predicted octanol–water partition coefficient (Wildman–Crippen LogP) is 0.214. The molecule has 3 rings (SSSR count). The minimum absolute atomic E-state index is 0.149. The zero-order valence-corrected chi connectivity index (χ0v) is 15.3. The molecule has 2 N–H and O–H groups in total. The van der Waals surface area contributed by atoms with Gasteiger partial charge in [-0.25, -0.2) is 9.59 Å². The molecule has 0 unspecified atom stereocenters. The molecule has 10 heteroatoms. The molecule has 0 spiro atoms. The minimum atomic E-state index is -0.495. The molecule has 0 saturated heterocycles. The topological polar surface area (TPSA) is 112 Å². The van der Waals surface area contributed by atoms with Gasteiger partial charge in [0.2, 0.25) is 0 Å². The van der Waals surface area contributed by atoms with Crippen molar-refractivity contribution in [2.75, 3.05) is 10.6 Å². The molecule has 0 aliphatic carbocycles. The summed E-state index contributed by atoms with van der Waals surface area (Å²) in [6.45, 7) is 8.06. The second-order valence-electron chi connectivity index (χ2n) is 5.85. The van der Waals surface area contributed by atoms with Crippen LogP contribution in [0.15, 0.2) is 19.2 Å². The smallest absolute Gasteiger partial charge is 0.332 e. The van der Waals surface area contributed by atoms with Crippen molar-refractivity contribution in [1.29, 1.82) is 0 Å². The van der Waals surface area contributed by atoms with Crippen molar-refractivity contribution in [1.82, 2.24) is 18.3 Å². The van der Waals surface area contributed by atoms with Gasteiger partial charge in [-0.2, -0.15) is 0 Å². The van der Waals surface area contributed by atoms with E-state index in [1.165, 1.54) is 9.13 Å². The van der Waals surface area contributed by atoms with Crippen LogP contribution in [0.5, 0.6) is 0 Å². The molecule has 26 heavy (non-hydrogen) atoms. The van der Waals surface area contributed by atoms with Crippen LogP contribution in [0.2, 0.25) is 0 Å². The van der Waals surface area contributed by atoms with Gasteiger partial charge in [0.05, 0.1) is 0 Å². The van der Waals surface area contributed by atoms with E-state index in [1.54, 1.807) is 27.7 Å². The van der Waals surface area contributed by atoms with Crippen molar-refractivity contribution in [2.45, 2.75) is 53.9 Å². The van der Waals surface area contributed by atoms with Crippen LogP contribution < -0.4 is 33.1 Å². The maximum atomic E-state index is 12.7. The first kappa shape index (κ1) is 17.8. The fourth-order valence-electron chi connectivity index (χ4n) is 3.27. The lowest BCUT2D eigenvalue weighted by atomic mass is 10.3. The lowest BCUT2D eigenvalue weighted by molar-refractivity contribution is 0.583. The lowest BCUT2D eigenvalue weighted by Gasteiger charge is -2.27. The second-order valence-corrected chi connectivity index (χ2v) is 5.85. The van der Waals surface area contributed by atoms with Gasteiger partial charge >= 0.3 is 11.4 Å². The van der Waals surface area contributed by atoms with E-state index >= 15 is 0 Å². The molecule has 0 radical (unpaired) electrons. The van der Waals surface area contributed by atoms with E-state index in [9.17, 15) is 19.2 Å². The Hall–Kier alpha value is -3.04. The first-order chi connectivity index (χ1) is 12.4. The van der Waals surface area contributed by atoms with E-state index in [0.717, 1.165) is 9.13 Å². The minimum Gasteiger partial charge on any atom is -0.332 e. The van der Waals surface area contributed by atoms with E-state index in [4.69, 9.17) is 0 Å². The van der Waals surface area contributed by atoms with Gasteiger partial charge in [-0.15, -0.1) is 0 Å². The van der Waals surface area contributed by atoms with E-state index in [0.29, 0.717) is 13.1 Å². The molecule has 140 valence electrons. The number of nitrogens with zero attached hydrogens (tertiary/aromatic N) is 4. The molecule has 0 saturated carbocycles. The number of fused-ring (bicyclic) bond motifs is 2. The molecule has 2 aromatic heterocycles. The summed E-state index contributed by atoms with van der Waals surface area (Å²) in [7, 11) is 0. The average molecular weight is 362 g/mol. The summed E-state index contributed by atoms with van der Waals surface area (Å²) in [6.07, 6.45) is 0. The Morgan fingerprint density at radius 2 is 0.885 bits per heavy atom. The van der Waals surface area contributed by atoms with Crippen LogP contribution in [0.1, 0.15) is 27.7 Å². The Kier molecular flexibility index (Phi) is 4.34. The summed E-state index contributed by atoms with van der Waals surface area (Å²) in [6, 6.07) is 0. The van der Waals surface area contributed by atoms with Gasteiger partial charge in [0, 0.05) is 26.2 Å². The van der Waals surface area contributed by atoms with E-state index in [1.807, 2.05) is 0 Å². The number of anilines is 4. The Morgan fingerprint density at radius 1 is 0.577 bits per heavy atom. The van der Waals surface area contributed by atoms with Crippen LogP contribution >= 0.6 is 0 Å². The third kappa shape index (κ3) is 2.25. The normalized spacial score (nSPS) is 12.2. The molecule has 10 nitrogen and oxygen atoms in total. The lowest BCUT2D eigenvalue weighted by Crippen LogP contribution is -2.46. The van der Waals surface area contributed by atoms with Crippen molar-refractivity contribution in [2.24, 2.45) is 0 Å². The Bertz CT molecular complexity index is 1030. The van der Waals surface area contributed by atoms with Crippen molar-refractivity contribution in [3.8, 4) is 0 Å². The molecular formula is C16H22N6O4. The van der Waals surface area contributed by atoms with E-state index < -0.39 is 22.5 Å². The fourth-order valence-corrected chi connectivity index (χ4v) is 3.27. The Morgan fingerprint density at radius 3 is 1.15 bits per heavy atom. The largest absolute Gasteiger partial charge is 0.332 e. The zero-order valence-electron chi connectivity index (χ0n) is 15.3. The molecule has 2 aromatic rings. The monoisotopic (exact) mass is 362 g/mol. The maximum Gasteiger partial charge on any atom is 0.332 e. The van der Waals surface area contributed by atoms with Crippen LogP contribution in [-0.4, -0.2) is 18.3 Å². The standard InChI is InChI=1S/C16H22N6O4/c1-5-19-11-9(13(23)21(7-3)15(19)25)18-12-10(17-11)14(24)22(8-4)16(26)20(12)6-2/h17-18H,5-8H2,1-4H3. The van der Waals surface area contributed by atoms with Gasteiger partial charge in [0.15, 0.2) is 0 Å². The van der Waals surface area contributed by atoms with Crippen LogP contribution in [0, 0.1) is 0 Å². The molecule has 0 atom stereocenters. The van der Waals surface area contributed by atoms with Crippen LogP contribution in [0.3, 0.4) is 0 Å². The highest BCUT2D eigenvalue weighted by molar-refractivity contribution is 5.86. The number of rotatable bonds is 4. The quantitative estimate of drug-likeness (QED) is 0.686. The number of aromatic nitrogens is 4. The molecule has 0 amide bonds. The third-order valence-corrected chi connectivity index (χ3v) is 4.61. The van der Waals surface area contributed by atoms with Gasteiger partial charge in [0.25, 0.3) is 11.1 Å². The number of hydrogen-bond donors (Lipinski definition) is 2. The first-order valence-corrected chi connectivity index (χ1v) is 8.70. The number of hydrogen-bond acceptors (Lipinski definition) is 6. The van der Waals surface area contributed by atoms with Crippen molar-refractivity contribution in [3.63, 3.8) is 0 Å². The molecular weight excluding hydrogens is 340 g/mol. The summed E-state index contributed by atoms with van der Waals surface area (Å²) < 4.78 is 5.02. The predicted molar refractivity (Wildman–Crippen MR) is 99.2 cm³/mol. The van der Waals surface area contributed by atoms with Gasteiger partial charge in [-0.1, -0.05) is 0 Å². The van der Waals surface area contributed by atoms with E-state index in [-0.39, 0.29) is 36.1 Å². The first-order valence-electron chi connectivity index (χ1n) is 8.70. The molecule has 1 aliphatic heterocycles.